The number of amides is 4. The lowest BCUT2D eigenvalue weighted by atomic mass is 10.0. The van der Waals surface area contributed by atoms with E-state index < -0.39 is 35.5 Å². The number of fused-ring (bicyclic) bond motifs is 2. The zero-order valence-corrected chi connectivity index (χ0v) is 14.7. The summed E-state index contributed by atoms with van der Waals surface area (Å²) in [5.41, 5.74) is 0.201. The summed E-state index contributed by atoms with van der Waals surface area (Å²) >= 11 is 0. The molecule has 3 aliphatic heterocycles. The molecule has 1 aliphatic carbocycles. The van der Waals surface area contributed by atoms with Crippen molar-refractivity contribution < 1.29 is 28.4 Å². The Labute approximate surface area is 158 Å². The smallest absolute Gasteiger partial charge is 0.262 e. The van der Waals surface area contributed by atoms with Gasteiger partial charge in [-0.05, 0) is 30.4 Å². The van der Waals surface area contributed by atoms with Gasteiger partial charge in [-0.1, -0.05) is 0 Å². The van der Waals surface area contributed by atoms with Crippen molar-refractivity contribution in [3.63, 3.8) is 0 Å². The number of halogens is 1. The molecule has 144 valence electrons. The molecule has 0 aromatic heterocycles. The quantitative estimate of drug-likeness (QED) is 0.585. The maximum absolute atomic E-state index is 14.7. The fourth-order valence-corrected chi connectivity index (χ4v) is 4.69. The third-order valence-electron chi connectivity index (χ3n) is 6.27. The first-order valence-corrected chi connectivity index (χ1v) is 9.16. The van der Waals surface area contributed by atoms with Gasteiger partial charge < -0.3 is 9.69 Å². The summed E-state index contributed by atoms with van der Waals surface area (Å²) in [5.74, 6) is -2.71. The number of aldehydes is 1. The number of carbonyl (C=O) groups excluding carboxylic acids is 5. The van der Waals surface area contributed by atoms with Gasteiger partial charge in [0, 0.05) is 25.4 Å². The Hall–Kier alpha value is -3.10. The van der Waals surface area contributed by atoms with Crippen molar-refractivity contribution in [1.29, 1.82) is 0 Å². The maximum Gasteiger partial charge on any atom is 0.262 e. The van der Waals surface area contributed by atoms with E-state index in [0.717, 1.165) is 17.3 Å². The summed E-state index contributed by atoms with van der Waals surface area (Å²) in [6.07, 6.45) is 1.01. The minimum absolute atomic E-state index is 0.0257. The number of nitrogens with one attached hydrogen (secondary N) is 1. The molecule has 8 nitrogen and oxygen atoms in total. The molecule has 28 heavy (non-hydrogen) atoms. The van der Waals surface area contributed by atoms with Crippen molar-refractivity contribution >= 4 is 35.6 Å². The molecule has 4 amide bonds. The Morgan fingerprint density at radius 1 is 1.04 bits per heavy atom. The molecule has 0 bridgehead atoms. The van der Waals surface area contributed by atoms with Crippen LogP contribution in [0.4, 0.5) is 10.1 Å². The molecule has 3 fully saturated rings. The molecule has 4 atom stereocenters. The van der Waals surface area contributed by atoms with E-state index in [0.29, 0.717) is 13.1 Å². The zero-order chi connectivity index (χ0) is 19.7. The Morgan fingerprint density at radius 2 is 1.68 bits per heavy atom. The molecule has 9 heteroatoms. The number of benzene rings is 1. The van der Waals surface area contributed by atoms with Gasteiger partial charge in [-0.2, -0.15) is 0 Å². The van der Waals surface area contributed by atoms with Gasteiger partial charge >= 0.3 is 0 Å². The lowest BCUT2D eigenvalue weighted by Crippen LogP contribution is -2.54. The highest BCUT2D eigenvalue weighted by Crippen LogP contribution is 2.51. The molecular formula is C19H16FN3O5. The fraction of sp³-hybridized carbons (Fsp3) is 0.421. The monoisotopic (exact) mass is 385 g/mol. The highest BCUT2D eigenvalue weighted by molar-refractivity contribution is 6.23. The molecule has 1 aromatic carbocycles. The second-order valence-corrected chi connectivity index (χ2v) is 7.74. The highest BCUT2D eigenvalue weighted by atomic mass is 19.1. The van der Waals surface area contributed by atoms with Crippen LogP contribution in [-0.2, 0) is 14.4 Å². The van der Waals surface area contributed by atoms with Crippen LogP contribution in [0.5, 0.6) is 0 Å². The normalized spacial score (nSPS) is 31.0. The van der Waals surface area contributed by atoms with E-state index in [2.05, 4.69) is 5.32 Å². The van der Waals surface area contributed by atoms with E-state index in [1.807, 2.05) is 0 Å². The molecule has 5 rings (SSSR count). The molecule has 3 unspecified atom stereocenters. The van der Waals surface area contributed by atoms with Crippen LogP contribution in [0.1, 0.15) is 33.6 Å². The first kappa shape index (κ1) is 17.0. The molecular weight excluding hydrogens is 369 g/mol. The number of piperidine rings is 2. The molecule has 0 spiro atoms. The van der Waals surface area contributed by atoms with Crippen molar-refractivity contribution in [3.05, 3.63) is 29.1 Å². The van der Waals surface area contributed by atoms with Crippen LogP contribution in [0.2, 0.25) is 0 Å². The van der Waals surface area contributed by atoms with Gasteiger partial charge in [-0.15, -0.1) is 0 Å². The van der Waals surface area contributed by atoms with Gasteiger partial charge in [-0.3, -0.25) is 29.4 Å². The maximum atomic E-state index is 14.7. The second kappa shape index (κ2) is 5.70. The van der Waals surface area contributed by atoms with Gasteiger partial charge in [-0.25, -0.2) is 4.39 Å². The number of hydrogen-bond acceptors (Lipinski definition) is 6. The van der Waals surface area contributed by atoms with Crippen molar-refractivity contribution in [2.75, 3.05) is 18.0 Å². The largest absolute Gasteiger partial charge is 0.369 e. The minimum atomic E-state index is -1.08. The first-order valence-electron chi connectivity index (χ1n) is 9.16. The third-order valence-corrected chi connectivity index (χ3v) is 6.27. The molecule has 2 saturated heterocycles. The predicted molar refractivity (Wildman–Crippen MR) is 91.8 cm³/mol. The van der Waals surface area contributed by atoms with Crippen LogP contribution >= 0.6 is 0 Å². The van der Waals surface area contributed by atoms with Gasteiger partial charge in [0.15, 0.2) is 0 Å². The van der Waals surface area contributed by atoms with Crippen LogP contribution in [-0.4, -0.2) is 53.9 Å². The van der Waals surface area contributed by atoms with E-state index in [9.17, 15) is 28.4 Å². The number of carbonyl (C=O) groups is 5. The second-order valence-electron chi connectivity index (χ2n) is 7.74. The van der Waals surface area contributed by atoms with E-state index in [1.165, 1.54) is 6.07 Å². The number of imide groups is 2. The summed E-state index contributed by atoms with van der Waals surface area (Å²) in [6, 6.07) is 1.32. The van der Waals surface area contributed by atoms with E-state index in [1.54, 1.807) is 4.90 Å². The van der Waals surface area contributed by atoms with Crippen molar-refractivity contribution in [2.24, 2.45) is 17.8 Å². The predicted octanol–water partition coefficient (Wildman–Crippen LogP) is 0.108. The minimum Gasteiger partial charge on any atom is -0.369 e. The Kier molecular flexibility index (Phi) is 3.47. The summed E-state index contributed by atoms with van der Waals surface area (Å²) in [4.78, 5) is 62.5. The SMILES string of the molecule is O=CC1C2CN(c3cc4c(cc3F)C(=O)N(C3CCC(=O)NC3=O)C4=O)C[C@@H]12. The van der Waals surface area contributed by atoms with Crippen LogP contribution in [0, 0.1) is 23.6 Å². The lowest BCUT2D eigenvalue weighted by molar-refractivity contribution is -0.136. The van der Waals surface area contributed by atoms with Crippen LogP contribution in [0.15, 0.2) is 12.1 Å². The van der Waals surface area contributed by atoms with E-state index >= 15 is 0 Å². The standard InChI is InChI=1S/C19H16FN3O5/c20-13-3-8-9(4-15(13)22-5-10-11(6-22)12(10)7-24)19(28)23(18(8)27)14-1-2-16(25)21-17(14)26/h3-4,7,10-12,14H,1-2,5-6H2,(H,21,25,26)/t10-,11?,12?,14?/m1/s1. The molecule has 1 N–H and O–H groups in total. The van der Waals surface area contributed by atoms with Crippen LogP contribution < -0.4 is 10.2 Å². The summed E-state index contributed by atoms with van der Waals surface area (Å²) in [6.45, 7) is 1.06. The molecule has 1 saturated carbocycles. The molecule has 3 heterocycles. The topological polar surface area (TPSA) is 104 Å². The Bertz CT molecular complexity index is 965. The molecule has 4 aliphatic rings. The van der Waals surface area contributed by atoms with Gasteiger partial charge in [0.1, 0.15) is 18.1 Å². The average molecular weight is 385 g/mol. The van der Waals surface area contributed by atoms with Gasteiger partial charge in [0.05, 0.1) is 16.8 Å². The highest BCUT2D eigenvalue weighted by Gasteiger charge is 2.56. The zero-order valence-electron chi connectivity index (χ0n) is 14.7. The van der Waals surface area contributed by atoms with E-state index in [-0.39, 0.29) is 47.4 Å². The lowest BCUT2D eigenvalue weighted by Gasteiger charge is -2.27. The number of hydrogen-bond donors (Lipinski definition) is 1. The summed E-state index contributed by atoms with van der Waals surface area (Å²) in [7, 11) is 0. The summed E-state index contributed by atoms with van der Waals surface area (Å²) in [5, 5.41) is 2.13. The van der Waals surface area contributed by atoms with Gasteiger partial charge in [0.2, 0.25) is 11.8 Å². The van der Waals surface area contributed by atoms with Crippen molar-refractivity contribution in [2.45, 2.75) is 18.9 Å². The van der Waals surface area contributed by atoms with E-state index in [4.69, 9.17) is 0 Å². The number of rotatable bonds is 3. The van der Waals surface area contributed by atoms with Crippen molar-refractivity contribution in [3.8, 4) is 0 Å². The number of nitrogens with zero attached hydrogens (tertiary/aromatic N) is 2. The Balaban J connectivity index is 1.44. The van der Waals surface area contributed by atoms with Crippen LogP contribution in [0.3, 0.4) is 0 Å². The first-order chi connectivity index (χ1) is 13.4. The Morgan fingerprint density at radius 3 is 2.29 bits per heavy atom. The summed E-state index contributed by atoms with van der Waals surface area (Å²) < 4.78 is 14.7. The van der Waals surface area contributed by atoms with Crippen LogP contribution in [0.25, 0.3) is 0 Å². The number of anilines is 1. The van der Waals surface area contributed by atoms with Crippen molar-refractivity contribution in [1.82, 2.24) is 10.2 Å². The molecule has 0 radical (unpaired) electrons. The fourth-order valence-electron chi connectivity index (χ4n) is 4.69. The average Bonchev–Trinajstić information content (AvgIpc) is 3.02. The van der Waals surface area contributed by atoms with Gasteiger partial charge in [0.25, 0.3) is 11.8 Å². The third kappa shape index (κ3) is 2.25. The molecule has 1 aromatic rings.